The van der Waals surface area contributed by atoms with E-state index >= 15 is 0 Å². The van der Waals surface area contributed by atoms with Crippen LogP contribution in [0.4, 0.5) is 0 Å². The quantitative estimate of drug-likeness (QED) is 0.815. The van der Waals surface area contributed by atoms with Crippen molar-refractivity contribution < 1.29 is 14.3 Å². The van der Waals surface area contributed by atoms with Crippen molar-refractivity contribution in [1.29, 1.82) is 0 Å². The molecular weight excluding hydrogens is 230 g/mol. The molecule has 0 aromatic carbocycles. The smallest absolute Gasteiger partial charge is 0.371 e. The van der Waals surface area contributed by atoms with Gasteiger partial charge in [-0.15, -0.1) is 0 Å². The van der Waals surface area contributed by atoms with Gasteiger partial charge in [0, 0.05) is 0 Å². The van der Waals surface area contributed by atoms with Crippen LogP contribution in [0.25, 0.3) is 0 Å². The van der Waals surface area contributed by atoms with Gasteiger partial charge in [-0.05, 0) is 37.9 Å². The Kier molecular flexibility index (Phi) is 4.42. The fourth-order valence-corrected chi connectivity index (χ4v) is 2.60. The predicted octanol–water partition coefficient (Wildman–Crippen LogP) is 3.21. The Morgan fingerprint density at radius 3 is 2.83 bits per heavy atom. The number of carboxylic acid groups (broad SMARTS) is 1. The Hall–Kier alpha value is -1.29. The van der Waals surface area contributed by atoms with Gasteiger partial charge in [0.1, 0.15) is 5.76 Å². The van der Waals surface area contributed by atoms with Gasteiger partial charge < -0.3 is 14.8 Å². The van der Waals surface area contributed by atoms with Gasteiger partial charge in [0.25, 0.3) is 0 Å². The molecule has 4 nitrogen and oxygen atoms in total. The van der Waals surface area contributed by atoms with Crippen molar-refractivity contribution in [1.82, 2.24) is 5.32 Å². The summed E-state index contributed by atoms with van der Waals surface area (Å²) in [5.74, 6) is 0.559. The number of furan rings is 1. The minimum atomic E-state index is -1.01. The molecule has 0 spiro atoms. The summed E-state index contributed by atoms with van der Waals surface area (Å²) in [6.07, 6.45) is 6.68. The highest BCUT2D eigenvalue weighted by Gasteiger charge is 2.16. The van der Waals surface area contributed by atoms with Crippen molar-refractivity contribution in [3.05, 3.63) is 23.7 Å². The van der Waals surface area contributed by atoms with Crippen LogP contribution in [-0.4, -0.2) is 17.6 Å². The van der Waals surface area contributed by atoms with E-state index in [0.717, 1.165) is 12.5 Å². The van der Waals surface area contributed by atoms with E-state index in [1.165, 1.54) is 38.2 Å². The number of aromatic carboxylic acids is 1. The van der Waals surface area contributed by atoms with Gasteiger partial charge in [0.2, 0.25) is 5.76 Å². The first kappa shape index (κ1) is 13.1. The largest absolute Gasteiger partial charge is 0.475 e. The number of hydrogen-bond acceptors (Lipinski definition) is 3. The molecule has 1 aliphatic carbocycles. The number of hydrogen-bond donors (Lipinski definition) is 2. The fraction of sp³-hybridized carbons (Fsp3) is 0.643. The van der Waals surface area contributed by atoms with Crippen molar-refractivity contribution in [3.8, 4) is 0 Å². The molecule has 1 atom stereocenters. The molecule has 1 heterocycles. The first-order chi connectivity index (χ1) is 8.66. The van der Waals surface area contributed by atoms with E-state index < -0.39 is 5.97 Å². The van der Waals surface area contributed by atoms with E-state index in [-0.39, 0.29) is 11.8 Å². The molecule has 2 N–H and O–H groups in total. The number of carbonyl (C=O) groups is 1. The Balaban J connectivity index is 1.75. The first-order valence-electron chi connectivity index (χ1n) is 6.73. The standard InChI is InChI=1S/C14H21NO3/c1-10(12-6-7-13(18-12)14(16)17)15-9-8-11-4-2-3-5-11/h6-7,10-11,15H,2-5,8-9H2,1H3,(H,16,17). The van der Waals surface area contributed by atoms with Crippen molar-refractivity contribution in [2.24, 2.45) is 5.92 Å². The third-order valence-electron chi connectivity index (χ3n) is 3.74. The minimum absolute atomic E-state index is 0.00874. The summed E-state index contributed by atoms with van der Waals surface area (Å²) < 4.78 is 5.27. The minimum Gasteiger partial charge on any atom is -0.475 e. The van der Waals surface area contributed by atoms with Crippen LogP contribution in [0.1, 0.15) is 61.4 Å². The fourth-order valence-electron chi connectivity index (χ4n) is 2.60. The van der Waals surface area contributed by atoms with Crippen molar-refractivity contribution in [3.63, 3.8) is 0 Å². The summed E-state index contributed by atoms with van der Waals surface area (Å²) in [4.78, 5) is 10.7. The second-order valence-corrected chi connectivity index (χ2v) is 5.12. The number of carboxylic acids is 1. The zero-order valence-corrected chi connectivity index (χ0v) is 10.8. The van der Waals surface area contributed by atoms with Crippen LogP contribution >= 0.6 is 0 Å². The van der Waals surface area contributed by atoms with Crippen molar-refractivity contribution in [2.75, 3.05) is 6.54 Å². The predicted molar refractivity (Wildman–Crippen MR) is 68.7 cm³/mol. The summed E-state index contributed by atoms with van der Waals surface area (Å²) in [7, 11) is 0. The van der Waals surface area contributed by atoms with Gasteiger partial charge >= 0.3 is 5.97 Å². The Morgan fingerprint density at radius 2 is 2.22 bits per heavy atom. The SMILES string of the molecule is CC(NCCC1CCCC1)c1ccc(C(=O)O)o1. The normalized spacial score (nSPS) is 18.1. The van der Waals surface area contributed by atoms with Crippen LogP contribution in [0, 0.1) is 5.92 Å². The third kappa shape index (κ3) is 3.35. The lowest BCUT2D eigenvalue weighted by molar-refractivity contribution is 0.0659. The Morgan fingerprint density at radius 1 is 1.50 bits per heavy atom. The van der Waals surface area contributed by atoms with Crippen LogP contribution in [0.3, 0.4) is 0 Å². The molecule has 4 heteroatoms. The summed E-state index contributed by atoms with van der Waals surface area (Å²) in [5.41, 5.74) is 0. The zero-order chi connectivity index (χ0) is 13.0. The van der Waals surface area contributed by atoms with Crippen LogP contribution in [-0.2, 0) is 0 Å². The molecule has 0 aliphatic heterocycles. The molecule has 100 valence electrons. The maximum atomic E-state index is 10.7. The molecule has 0 bridgehead atoms. The highest BCUT2D eigenvalue weighted by atomic mass is 16.4. The maximum absolute atomic E-state index is 10.7. The molecule has 1 fully saturated rings. The molecular formula is C14H21NO3. The molecule has 1 saturated carbocycles. The molecule has 18 heavy (non-hydrogen) atoms. The lowest BCUT2D eigenvalue weighted by atomic mass is 10.0. The summed E-state index contributed by atoms with van der Waals surface area (Å²) in [6.45, 7) is 2.97. The molecule has 1 aromatic heterocycles. The van der Waals surface area contributed by atoms with Gasteiger partial charge in [-0.2, -0.15) is 0 Å². The van der Waals surface area contributed by atoms with E-state index in [0.29, 0.717) is 5.76 Å². The first-order valence-corrected chi connectivity index (χ1v) is 6.73. The average molecular weight is 251 g/mol. The summed E-state index contributed by atoms with van der Waals surface area (Å²) >= 11 is 0. The molecule has 1 unspecified atom stereocenters. The van der Waals surface area contributed by atoms with E-state index in [4.69, 9.17) is 9.52 Å². The highest BCUT2D eigenvalue weighted by molar-refractivity contribution is 5.84. The molecule has 2 rings (SSSR count). The van der Waals surface area contributed by atoms with Crippen LogP contribution < -0.4 is 5.32 Å². The summed E-state index contributed by atoms with van der Waals surface area (Å²) in [5, 5.41) is 12.2. The van der Waals surface area contributed by atoms with E-state index in [9.17, 15) is 4.79 Å². The topological polar surface area (TPSA) is 62.5 Å². The highest BCUT2D eigenvalue weighted by Crippen LogP contribution is 2.27. The number of rotatable bonds is 6. The lowest BCUT2D eigenvalue weighted by Gasteiger charge is -2.13. The van der Waals surface area contributed by atoms with Gasteiger partial charge in [-0.25, -0.2) is 4.79 Å². The van der Waals surface area contributed by atoms with Gasteiger partial charge in [-0.3, -0.25) is 0 Å². The van der Waals surface area contributed by atoms with Crippen LogP contribution in [0.5, 0.6) is 0 Å². The average Bonchev–Trinajstić information content (AvgIpc) is 2.99. The monoisotopic (exact) mass is 251 g/mol. The molecule has 1 aliphatic rings. The van der Waals surface area contributed by atoms with Gasteiger partial charge in [-0.1, -0.05) is 25.7 Å². The molecule has 0 amide bonds. The van der Waals surface area contributed by atoms with E-state index in [1.54, 1.807) is 6.07 Å². The molecule has 1 aromatic rings. The van der Waals surface area contributed by atoms with E-state index in [1.807, 2.05) is 6.92 Å². The third-order valence-corrected chi connectivity index (χ3v) is 3.74. The van der Waals surface area contributed by atoms with Gasteiger partial charge in [0.05, 0.1) is 6.04 Å². The second kappa shape index (κ2) is 6.05. The van der Waals surface area contributed by atoms with Crippen LogP contribution in [0.2, 0.25) is 0 Å². The lowest BCUT2D eigenvalue weighted by Crippen LogP contribution is -2.21. The number of nitrogens with one attached hydrogen (secondary N) is 1. The van der Waals surface area contributed by atoms with E-state index in [2.05, 4.69) is 5.32 Å². The second-order valence-electron chi connectivity index (χ2n) is 5.12. The Bertz CT molecular complexity index is 393. The maximum Gasteiger partial charge on any atom is 0.371 e. The summed E-state index contributed by atoms with van der Waals surface area (Å²) in [6, 6.07) is 3.31. The Labute approximate surface area is 107 Å². The van der Waals surface area contributed by atoms with Gasteiger partial charge in [0.15, 0.2) is 0 Å². The van der Waals surface area contributed by atoms with Crippen molar-refractivity contribution >= 4 is 5.97 Å². The zero-order valence-electron chi connectivity index (χ0n) is 10.8. The molecule has 0 radical (unpaired) electrons. The molecule has 0 saturated heterocycles. The van der Waals surface area contributed by atoms with Crippen LogP contribution in [0.15, 0.2) is 16.5 Å². The van der Waals surface area contributed by atoms with Crippen molar-refractivity contribution in [2.45, 2.75) is 45.1 Å².